The van der Waals surface area contributed by atoms with E-state index in [2.05, 4.69) is 27.9 Å². The first-order valence-corrected chi connectivity index (χ1v) is 8.40. The third kappa shape index (κ3) is 3.25. The Bertz CT molecular complexity index is 857. The van der Waals surface area contributed by atoms with Crippen LogP contribution in [0.3, 0.4) is 0 Å². The van der Waals surface area contributed by atoms with Crippen molar-refractivity contribution in [3.05, 3.63) is 69.4 Å². The summed E-state index contributed by atoms with van der Waals surface area (Å²) >= 11 is 2.13. The summed E-state index contributed by atoms with van der Waals surface area (Å²) in [6.45, 7) is 0.178. The van der Waals surface area contributed by atoms with Gasteiger partial charge in [-0.1, -0.05) is 30.3 Å². The second-order valence-corrected chi connectivity index (χ2v) is 6.58. The Kier molecular flexibility index (Phi) is 4.68. The molecule has 0 saturated carbocycles. The largest absolute Gasteiger partial charge is 0.386 e. The number of halogens is 1. The molecule has 1 amide bonds. The Balaban J connectivity index is 1.75. The highest BCUT2D eigenvalue weighted by Gasteiger charge is 2.16. The number of hydrogen-bond acceptors (Lipinski definition) is 2. The van der Waals surface area contributed by atoms with Crippen molar-refractivity contribution in [2.75, 3.05) is 6.54 Å². The summed E-state index contributed by atoms with van der Waals surface area (Å²) < 4.78 is 2.87. The number of hydrogen-bond donors (Lipinski definition) is 2. The van der Waals surface area contributed by atoms with Crippen LogP contribution in [0.2, 0.25) is 0 Å². The van der Waals surface area contributed by atoms with Crippen molar-refractivity contribution < 1.29 is 9.90 Å². The monoisotopic (exact) mass is 420 g/mol. The summed E-state index contributed by atoms with van der Waals surface area (Å²) in [6.07, 6.45) is 1.17. The van der Waals surface area contributed by atoms with Crippen LogP contribution in [0.25, 0.3) is 10.9 Å². The molecule has 0 radical (unpaired) electrons. The van der Waals surface area contributed by atoms with Crippen molar-refractivity contribution in [3.8, 4) is 0 Å². The molecule has 2 N–H and O–H groups in total. The van der Waals surface area contributed by atoms with Gasteiger partial charge in [-0.15, -0.1) is 0 Å². The highest BCUT2D eigenvalue weighted by Crippen LogP contribution is 2.25. The molecule has 0 bridgehead atoms. The number of para-hydroxylation sites is 1. The molecule has 0 aliphatic carbocycles. The minimum absolute atomic E-state index is 0.172. The van der Waals surface area contributed by atoms with Gasteiger partial charge in [0.15, 0.2) is 0 Å². The van der Waals surface area contributed by atoms with E-state index >= 15 is 0 Å². The molecule has 1 unspecified atom stereocenters. The molecule has 0 aliphatic rings. The quantitative estimate of drug-likeness (QED) is 0.637. The molecular weight excluding hydrogens is 403 g/mol. The average molecular weight is 420 g/mol. The number of rotatable bonds is 4. The summed E-state index contributed by atoms with van der Waals surface area (Å²) in [6, 6.07) is 15.3. The number of amides is 1. The number of fused-ring (bicyclic) bond motifs is 1. The number of aromatic nitrogens is 1. The number of aliphatic hydroxyl groups excluding tert-OH is 1. The van der Waals surface area contributed by atoms with E-state index in [1.54, 1.807) is 6.07 Å². The molecule has 0 spiro atoms. The van der Waals surface area contributed by atoms with Gasteiger partial charge in [-0.25, -0.2) is 0 Å². The van der Waals surface area contributed by atoms with Gasteiger partial charge in [-0.3, -0.25) is 4.79 Å². The normalized spacial score (nSPS) is 12.3. The molecule has 0 aliphatic heterocycles. The van der Waals surface area contributed by atoms with E-state index in [0.717, 1.165) is 20.0 Å². The van der Waals surface area contributed by atoms with Crippen molar-refractivity contribution >= 4 is 39.4 Å². The zero-order valence-electron chi connectivity index (χ0n) is 12.7. The molecule has 5 heteroatoms. The van der Waals surface area contributed by atoms with Crippen LogP contribution in [0, 0.1) is 3.57 Å². The minimum atomic E-state index is -0.744. The smallest absolute Gasteiger partial charge is 0.252 e. The van der Waals surface area contributed by atoms with Gasteiger partial charge in [0.2, 0.25) is 0 Å². The number of carbonyl (C=O) groups is 1. The van der Waals surface area contributed by atoms with E-state index < -0.39 is 6.10 Å². The van der Waals surface area contributed by atoms with Crippen molar-refractivity contribution in [1.29, 1.82) is 0 Å². The lowest BCUT2D eigenvalue weighted by Crippen LogP contribution is -2.28. The summed E-state index contributed by atoms with van der Waals surface area (Å²) in [5.41, 5.74) is 2.51. The summed E-state index contributed by atoms with van der Waals surface area (Å²) in [7, 11) is 1.95. The fraction of sp³-hybridized carbons (Fsp3) is 0.167. The number of carbonyl (C=O) groups excluding carboxylic acids is 1. The van der Waals surface area contributed by atoms with Crippen LogP contribution < -0.4 is 5.32 Å². The molecule has 23 heavy (non-hydrogen) atoms. The number of nitrogens with one attached hydrogen (secondary N) is 1. The van der Waals surface area contributed by atoms with Gasteiger partial charge in [-0.05, 0) is 40.8 Å². The number of aryl methyl sites for hydroxylation is 1. The Morgan fingerprint density at radius 3 is 2.70 bits per heavy atom. The lowest BCUT2D eigenvalue weighted by atomic mass is 10.1. The second kappa shape index (κ2) is 6.72. The predicted octanol–water partition coefficient (Wildman–Crippen LogP) is 3.25. The maximum absolute atomic E-state index is 12.2. The molecule has 118 valence electrons. The molecule has 1 heterocycles. The number of nitrogens with zero attached hydrogens (tertiary/aromatic N) is 1. The van der Waals surface area contributed by atoms with Crippen molar-refractivity contribution in [3.63, 3.8) is 0 Å². The molecule has 3 rings (SSSR count). The average Bonchev–Trinajstić information content (AvgIpc) is 2.90. The van der Waals surface area contributed by atoms with Crippen LogP contribution in [0.4, 0.5) is 0 Å². The van der Waals surface area contributed by atoms with Gasteiger partial charge in [0.05, 0.1) is 11.7 Å². The van der Waals surface area contributed by atoms with Gasteiger partial charge < -0.3 is 15.0 Å². The van der Waals surface area contributed by atoms with Gasteiger partial charge >= 0.3 is 0 Å². The summed E-state index contributed by atoms with van der Waals surface area (Å²) in [5, 5.41) is 14.3. The van der Waals surface area contributed by atoms with Crippen LogP contribution in [0.5, 0.6) is 0 Å². The van der Waals surface area contributed by atoms with Crippen molar-refractivity contribution in [1.82, 2.24) is 9.88 Å². The van der Waals surface area contributed by atoms with Crippen molar-refractivity contribution in [2.45, 2.75) is 6.10 Å². The van der Waals surface area contributed by atoms with Crippen LogP contribution in [-0.4, -0.2) is 22.1 Å². The van der Waals surface area contributed by atoms with Crippen molar-refractivity contribution in [2.24, 2.45) is 7.05 Å². The van der Waals surface area contributed by atoms with Gasteiger partial charge in [0.25, 0.3) is 5.91 Å². The zero-order chi connectivity index (χ0) is 16.4. The second-order valence-electron chi connectivity index (χ2n) is 5.42. The Morgan fingerprint density at radius 2 is 1.91 bits per heavy atom. The minimum Gasteiger partial charge on any atom is -0.386 e. The highest BCUT2D eigenvalue weighted by molar-refractivity contribution is 14.1. The Morgan fingerprint density at radius 1 is 1.22 bits per heavy atom. The Hall–Kier alpha value is -1.86. The van der Waals surface area contributed by atoms with E-state index in [0.29, 0.717) is 5.56 Å². The van der Waals surface area contributed by atoms with E-state index in [4.69, 9.17) is 0 Å². The van der Waals surface area contributed by atoms with Gasteiger partial charge in [0.1, 0.15) is 0 Å². The number of aliphatic hydroxyl groups is 1. The fourth-order valence-electron chi connectivity index (χ4n) is 2.68. The van der Waals surface area contributed by atoms with Crippen LogP contribution in [0.1, 0.15) is 22.0 Å². The standard InChI is InChI=1S/C18H17IN2O2/c1-21-11-14(12-6-3-5-9-16(12)21)17(22)10-20-18(23)13-7-2-4-8-15(13)19/h2-9,11,17,22H,10H2,1H3,(H,20,23). The molecule has 2 aromatic carbocycles. The first-order chi connectivity index (χ1) is 11.1. The summed E-state index contributed by atoms with van der Waals surface area (Å²) in [5.74, 6) is -0.172. The van der Waals surface area contributed by atoms with E-state index in [9.17, 15) is 9.90 Å². The van der Waals surface area contributed by atoms with E-state index in [-0.39, 0.29) is 12.5 Å². The molecule has 3 aromatic rings. The first-order valence-electron chi connectivity index (χ1n) is 7.32. The third-order valence-electron chi connectivity index (χ3n) is 3.86. The lowest BCUT2D eigenvalue weighted by molar-refractivity contribution is 0.0916. The maximum Gasteiger partial charge on any atom is 0.252 e. The lowest BCUT2D eigenvalue weighted by Gasteiger charge is -2.12. The van der Waals surface area contributed by atoms with Gasteiger partial charge in [-0.2, -0.15) is 0 Å². The number of benzene rings is 2. The van der Waals surface area contributed by atoms with E-state index in [1.165, 1.54) is 0 Å². The predicted molar refractivity (Wildman–Crippen MR) is 99.4 cm³/mol. The molecule has 4 nitrogen and oxygen atoms in total. The highest BCUT2D eigenvalue weighted by atomic mass is 127. The first kappa shape index (κ1) is 16.0. The van der Waals surface area contributed by atoms with Gasteiger partial charge in [0, 0.05) is 39.8 Å². The van der Waals surface area contributed by atoms with Crippen LogP contribution in [0.15, 0.2) is 54.7 Å². The molecule has 1 aromatic heterocycles. The zero-order valence-corrected chi connectivity index (χ0v) is 14.8. The fourth-order valence-corrected chi connectivity index (χ4v) is 3.31. The molecule has 0 fully saturated rings. The Labute approximate surface area is 148 Å². The van der Waals surface area contributed by atoms with E-state index in [1.807, 2.05) is 60.3 Å². The SMILES string of the molecule is Cn1cc(C(O)CNC(=O)c2ccccc2I)c2ccccc21. The topological polar surface area (TPSA) is 54.3 Å². The molecule has 0 saturated heterocycles. The van der Waals surface area contributed by atoms with Crippen LogP contribution in [-0.2, 0) is 7.05 Å². The third-order valence-corrected chi connectivity index (χ3v) is 4.80. The molecular formula is C18H17IN2O2. The summed E-state index contributed by atoms with van der Waals surface area (Å²) in [4.78, 5) is 12.2. The van der Waals surface area contributed by atoms with Crippen LogP contribution >= 0.6 is 22.6 Å². The maximum atomic E-state index is 12.2. The molecule has 1 atom stereocenters.